The highest BCUT2D eigenvalue weighted by Crippen LogP contribution is 2.24. The zero-order chi connectivity index (χ0) is 12.3. The van der Waals surface area contributed by atoms with Crippen LogP contribution in [-0.4, -0.2) is 35.4 Å². The minimum absolute atomic E-state index is 0.345. The van der Waals surface area contributed by atoms with Crippen LogP contribution < -0.4 is 10.6 Å². The third kappa shape index (κ3) is 2.90. The summed E-state index contributed by atoms with van der Waals surface area (Å²) in [5, 5.41) is 1.03. The van der Waals surface area contributed by atoms with E-state index >= 15 is 0 Å². The van der Waals surface area contributed by atoms with Crippen LogP contribution in [0.25, 0.3) is 0 Å². The van der Waals surface area contributed by atoms with Crippen LogP contribution in [0.2, 0.25) is 0 Å². The van der Waals surface area contributed by atoms with Crippen LogP contribution in [0.3, 0.4) is 0 Å². The number of hydrogen-bond donors (Lipinski definition) is 1. The van der Waals surface area contributed by atoms with E-state index in [1.807, 2.05) is 6.26 Å². The largest absolute Gasteiger partial charge is 0.356 e. The van der Waals surface area contributed by atoms with Crippen molar-refractivity contribution in [3.8, 4) is 0 Å². The van der Waals surface area contributed by atoms with Crippen molar-refractivity contribution in [2.24, 2.45) is 11.7 Å². The Bertz CT molecular complexity index is 371. The monoisotopic (exact) mass is 252 g/mol. The van der Waals surface area contributed by atoms with E-state index in [2.05, 4.69) is 27.9 Å². The first-order valence-electron chi connectivity index (χ1n) is 6.11. The van der Waals surface area contributed by atoms with Gasteiger partial charge in [0.25, 0.3) is 0 Å². The Balaban J connectivity index is 2.11. The first-order chi connectivity index (χ1) is 8.24. The summed E-state index contributed by atoms with van der Waals surface area (Å²) >= 11 is 1.65. The highest BCUT2D eigenvalue weighted by Gasteiger charge is 2.26. The van der Waals surface area contributed by atoms with Crippen LogP contribution in [0.5, 0.6) is 0 Å². The molecule has 2 rings (SSSR count). The molecule has 1 aromatic rings. The van der Waals surface area contributed by atoms with Gasteiger partial charge in [0.15, 0.2) is 0 Å². The van der Waals surface area contributed by atoms with E-state index in [0.717, 1.165) is 36.8 Å². The van der Waals surface area contributed by atoms with Gasteiger partial charge in [-0.05, 0) is 18.6 Å². The smallest absolute Gasteiger partial charge is 0.133 e. The maximum atomic E-state index is 6.12. The van der Waals surface area contributed by atoms with Crippen molar-refractivity contribution in [3.63, 3.8) is 0 Å². The van der Waals surface area contributed by atoms with E-state index in [1.165, 1.54) is 0 Å². The molecule has 1 saturated heterocycles. The first-order valence-corrected chi connectivity index (χ1v) is 7.33. The Morgan fingerprint density at radius 2 is 2.35 bits per heavy atom. The Labute approximate surface area is 107 Å². The number of rotatable bonds is 3. The maximum absolute atomic E-state index is 6.12. The fourth-order valence-electron chi connectivity index (χ4n) is 2.30. The average molecular weight is 252 g/mol. The van der Waals surface area contributed by atoms with Gasteiger partial charge in [-0.25, -0.2) is 9.97 Å². The van der Waals surface area contributed by atoms with Gasteiger partial charge in [-0.15, -0.1) is 11.8 Å². The fraction of sp³-hybridized carbons (Fsp3) is 0.667. The molecular weight excluding hydrogens is 232 g/mol. The second kappa shape index (κ2) is 5.69. The molecule has 2 N–H and O–H groups in total. The molecule has 1 aliphatic heterocycles. The van der Waals surface area contributed by atoms with Crippen LogP contribution in [0.15, 0.2) is 17.4 Å². The summed E-state index contributed by atoms with van der Waals surface area (Å²) in [7, 11) is 0. The summed E-state index contributed by atoms with van der Waals surface area (Å²) in [6.45, 7) is 4.23. The number of nitrogens with zero attached hydrogens (tertiary/aromatic N) is 3. The van der Waals surface area contributed by atoms with E-state index in [0.29, 0.717) is 12.0 Å². The predicted octanol–water partition coefficient (Wildman–Crippen LogP) is 1.76. The van der Waals surface area contributed by atoms with Crippen LogP contribution in [-0.2, 0) is 0 Å². The normalized spacial score (nSPS) is 25.0. The van der Waals surface area contributed by atoms with E-state index in [9.17, 15) is 0 Å². The number of aromatic nitrogens is 2. The molecule has 5 heteroatoms. The van der Waals surface area contributed by atoms with Crippen molar-refractivity contribution in [2.75, 3.05) is 24.2 Å². The molecule has 1 aliphatic rings. The number of hydrogen-bond acceptors (Lipinski definition) is 5. The van der Waals surface area contributed by atoms with Gasteiger partial charge in [-0.2, -0.15) is 0 Å². The topological polar surface area (TPSA) is 55.0 Å². The molecule has 0 bridgehead atoms. The molecule has 1 fully saturated rings. The van der Waals surface area contributed by atoms with Gasteiger partial charge in [0.2, 0.25) is 0 Å². The molecule has 17 heavy (non-hydrogen) atoms. The van der Waals surface area contributed by atoms with Crippen LogP contribution in [0.4, 0.5) is 5.82 Å². The second-order valence-corrected chi connectivity index (χ2v) is 5.31. The van der Waals surface area contributed by atoms with Crippen molar-refractivity contribution in [1.29, 1.82) is 0 Å². The van der Waals surface area contributed by atoms with Gasteiger partial charge < -0.3 is 10.6 Å². The molecule has 4 nitrogen and oxygen atoms in total. The Hall–Kier alpha value is -0.810. The lowest BCUT2D eigenvalue weighted by atomic mass is 9.91. The first kappa shape index (κ1) is 12.6. The summed E-state index contributed by atoms with van der Waals surface area (Å²) < 4.78 is 0. The van der Waals surface area contributed by atoms with Crippen molar-refractivity contribution in [1.82, 2.24) is 9.97 Å². The SMILES string of the molecule is CCC1CN(c2cc(SC)ncn2)CCC1N. The molecule has 2 atom stereocenters. The third-order valence-electron chi connectivity index (χ3n) is 3.48. The van der Waals surface area contributed by atoms with Gasteiger partial charge in [-0.3, -0.25) is 0 Å². The highest BCUT2D eigenvalue weighted by molar-refractivity contribution is 7.98. The molecule has 0 amide bonds. The third-order valence-corrected chi connectivity index (χ3v) is 4.12. The van der Waals surface area contributed by atoms with E-state index in [1.54, 1.807) is 18.1 Å². The molecule has 1 aromatic heterocycles. The molecule has 0 aromatic carbocycles. The van der Waals surface area contributed by atoms with Crippen molar-refractivity contribution >= 4 is 17.6 Å². The predicted molar refractivity (Wildman–Crippen MR) is 72.4 cm³/mol. The van der Waals surface area contributed by atoms with Crippen LogP contribution in [0.1, 0.15) is 19.8 Å². The van der Waals surface area contributed by atoms with E-state index in [4.69, 9.17) is 5.73 Å². The molecule has 0 aliphatic carbocycles. The standard InChI is InChI=1S/C12H20N4S/c1-3-9-7-16(5-4-10(9)13)11-6-12(17-2)15-8-14-11/h6,8-10H,3-5,7,13H2,1-2H3. The molecule has 0 saturated carbocycles. The number of thioether (sulfide) groups is 1. The Morgan fingerprint density at radius 1 is 1.53 bits per heavy atom. The molecule has 0 radical (unpaired) electrons. The molecular formula is C12H20N4S. The van der Waals surface area contributed by atoms with Gasteiger partial charge in [-0.1, -0.05) is 13.3 Å². The molecule has 2 heterocycles. The molecule has 94 valence electrons. The number of nitrogens with two attached hydrogens (primary N) is 1. The number of anilines is 1. The van der Waals surface area contributed by atoms with Crippen molar-refractivity contribution in [2.45, 2.75) is 30.8 Å². The van der Waals surface area contributed by atoms with Crippen molar-refractivity contribution < 1.29 is 0 Å². The highest BCUT2D eigenvalue weighted by atomic mass is 32.2. The maximum Gasteiger partial charge on any atom is 0.133 e. The van der Waals surface area contributed by atoms with Gasteiger partial charge in [0.05, 0.1) is 0 Å². The summed E-state index contributed by atoms with van der Waals surface area (Å²) in [5.74, 6) is 1.62. The molecule has 2 unspecified atom stereocenters. The van der Waals surface area contributed by atoms with Gasteiger partial charge in [0.1, 0.15) is 17.2 Å². The van der Waals surface area contributed by atoms with Crippen molar-refractivity contribution in [3.05, 3.63) is 12.4 Å². The quantitative estimate of drug-likeness (QED) is 0.656. The zero-order valence-electron chi connectivity index (χ0n) is 10.5. The van der Waals surface area contributed by atoms with Gasteiger partial charge in [0, 0.05) is 25.2 Å². The van der Waals surface area contributed by atoms with Crippen LogP contribution >= 0.6 is 11.8 Å². The lowest BCUT2D eigenvalue weighted by Crippen LogP contribution is -2.47. The lowest BCUT2D eigenvalue weighted by Gasteiger charge is -2.37. The fourth-order valence-corrected chi connectivity index (χ4v) is 2.68. The van der Waals surface area contributed by atoms with Gasteiger partial charge >= 0.3 is 0 Å². The zero-order valence-corrected chi connectivity index (χ0v) is 11.3. The second-order valence-electron chi connectivity index (χ2n) is 4.49. The lowest BCUT2D eigenvalue weighted by molar-refractivity contribution is 0.346. The Kier molecular flexibility index (Phi) is 4.23. The minimum atomic E-state index is 0.345. The summed E-state index contributed by atoms with van der Waals surface area (Å²) in [5.41, 5.74) is 6.12. The van der Waals surface area contributed by atoms with Crippen LogP contribution in [0, 0.1) is 5.92 Å². The summed E-state index contributed by atoms with van der Waals surface area (Å²) in [4.78, 5) is 10.9. The summed E-state index contributed by atoms with van der Waals surface area (Å²) in [6.07, 6.45) is 5.87. The number of piperidine rings is 1. The average Bonchev–Trinajstić information content (AvgIpc) is 2.39. The minimum Gasteiger partial charge on any atom is -0.356 e. The Morgan fingerprint density at radius 3 is 3.06 bits per heavy atom. The van der Waals surface area contributed by atoms with E-state index < -0.39 is 0 Å². The molecule has 0 spiro atoms. The van der Waals surface area contributed by atoms with E-state index in [-0.39, 0.29) is 0 Å². The summed E-state index contributed by atoms with van der Waals surface area (Å²) in [6, 6.07) is 2.41.